The van der Waals surface area contributed by atoms with Crippen LogP contribution in [-0.2, 0) is 19.1 Å². The molecule has 4 fully saturated rings. The summed E-state index contributed by atoms with van der Waals surface area (Å²) in [7, 11) is 2.51. The van der Waals surface area contributed by atoms with Gasteiger partial charge in [-0.25, -0.2) is 37.1 Å². The number of nitrogens with one attached hydrogen (secondary N) is 4. The van der Waals surface area contributed by atoms with Gasteiger partial charge in [0, 0.05) is 44.7 Å². The monoisotopic (exact) mass is 986 g/mol. The van der Waals surface area contributed by atoms with E-state index in [1.165, 1.54) is 31.3 Å². The smallest absolute Gasteiger partial charge is 0.407 e. The molecule has 0 saturated carbocycles. The van der Waals surface area contributed by atoms with Crippen molar-refractivity contribution in [3.8, 4) is 0 Å². The zero-order valence-corrected chi connectivity index (χ0v) is 40.9. The molecule has 4 N–H and O–H groups in total. The summed E-state index contributed by atoms with van der Waals surface area (Å²) < 4.78 is 70.7. The number of piperidine rings is 1. The number of fused-ring (bicyclic) bond motifs is 2. The lowest BCUT2D eigenvalue weighted by Crippen LogP contribution is -2.51. The molecular weight excluding hydrogens is 925 g/mol. The van der Waals surface area contributed by atoms with Crippen molar-refractivity contribution in [1.82, 2.24) is 40.4 Å². The number of alkyl halides is 2. The van der Waals surface area contributed by atoms with E-state index in [4.69, 9.17) is 19.4 Å². The van der Waals surface area contributed by atoms with Crippen LogP contribution < -0.4 is 20.4 Å². The third-order valence-corrected chi connectivity index (χ3v) is 14.8. The number of carbonyl (C=O) groups excluding carboxylic acids is 4. The lowest BCUT2D eigenvalue weighted by Gasteiger charge is -2.36. The zero-order valence-electron chi connectivity index (χ0n) is 40.9. The Balaban J connectivity index is 1.04. The minimum atomic E-state index is -2.90. The van der Waals surface area contributed by atoms with Gasteiger partial charge in [0.05, 0.1) is 60.5 Å². The van der Waals surface area contributed by atoms with E-state index in [2.05, 4.69) is 20.6 Å². The van der Waals surface area contributed by atoms with Crippen LogP contribution in [0.25, 0.3) is 22.1 Å². The van der Waals surface area contributed by atoms with Gasteiger partial charge in [-0.1, -0.05) is 39.8 Å². The molecule has 16 nitrogen and oxygen atoms in total. The second-order valence-corrected chi connectivity index (χ2v) is 20.0. The Labute approximate surface area is 409 Å². The molecule has 20 heteroatoms. The maximum absolute atomic E-state index is 16.4. The predicted molar refractivity (Wildman–Crippen MR) is 258 cm³/mol. The summed E-state index contributed by atoms with van der Waals surface area (Å²) in [6.07, 6.45) is 1.63. The Bertz CT molecular complexity index is 2640. The van der Waals surface area contributed by atoms with Crippen LogP contribution in [0.2, 0.25) is 0 Å². The molecule has 6 heterocycles. The first kappa shape index (κ1) is 49.4. The highest BCUT2D eigenvalue weighted by Crippen LogP contribution is 2.49. The Morgan fingerprint density at radius 3 is 1.49 bits per heavy atom. The number of H-pyrrole nitrogens is 2. The van der Waals surface area contributed by atoms with Gasteiger partial charge in [-0.05, 0) is 97.9 Å². The average Bonchev–Trinajstić information content (AvgIpc) is 4.20. The van der Waals surface area contributed by atoms with Crippen molar-refractivity contribution in [3.63, 3.8) is 0 Å². The van der Waals surface area contributed by atoms with Crippen LogP contribution in [0.15, 0.2) is 48.5 Å². The Morgan fingerprint density at radius 1 is 0.648 bits per heavy atom. The van der Waals surface area contributed by atoms with Crippen molar-refractivity contribution in [2.45, 2.75) is 121 Å². The molecule has 4 aliphatic rings. The van der Waals surface area contributed by atoms with Crippen molar-refractivity contribution < 1.29 is 46.2 Å². The molecule has 1 unspecified atom stereocenters. The van der Waals surface area contributed by atoms with E-state index in [0.29, 0.717) is 61.5 Å². The molecule has 3 aromatic carbocycles. The van der Waals surface area contributed by atoms with Gasteiger partial charge in [-0.2, -0.15) is 0 Å². The number of hydrogen-bond acceptors (Lipinski definition) is 10. The highest BCUT2D eigenvalue weighted by atomic mass is 19.3. The van der Waals surface area contributed by atoms with Gasteiger partial charge in [-0.15, -0.1) is 0 Å². The molecule has 71 heavy (non-hydrogen) atoms. The fourth-order valence-corrected chi connectivity index (χ4v) is 11.1. The van der Waals surface area contributed by atoms with Gasteiger partial charge < -0.3 is 49.7 Å². The average molecular weight is 987 g/mol. The number of halogens is 4. The van der Waals surface area contributed by atoms with Gasteiger partial charge in [0.25, 0.3) is 5.92 Å². The van der Waals surface area contributed by atoms with E-state index < -0.39 is 54.7 Å². The summed E-state index contributed by atoms with van der Waals surface area (Å²) in [5, 5.41) is 5.37. The van der Waals surface area contributed by atoms with Crippen molar-refractivity contribution in [2.24, 2.45) is 11.8 Å². The van der Waals surface area contributed by atoms with Crippen LogP contribution in [0.5, 0.6) is 0 Å². The normalized spacial score (nSPS) is 22.2. The number of anilines is 2. The number of aromatic nitrogens is 4. The second kappa shape index (κ2) is 19.9. The molecule has 380 valence electrons. The lowest BCUT2D eigenvalue weighted by molar-refractivity contribution is -0.136. The Morgan fingerprint density at radius 2 is 1.08 bits per heavy atom. The number of hydrogen-bond donors (Lipinski definition) is 4. The maximum Gasteiger partial charge on any atom is 0.407 e. The summed E-state index contributed by atoms with van der Waals surface area (Å²) in [6, 6.07) is 11.2. The number of aromatic amines is 2. The summed E-state index contributed by atoms with van der Waals surface area (Å²) >= 11 is 0. The molecule has 4 aliphatic heterocycles. The highest BCUT2D eigenvalue weighted by Gasteiger charge is 2.42. The van der Waals surface area contributed by atoms with E-state index in [1.807, 2.05) is 69.0 Å². The molecule has 0 radical (unpaired) electrons. The van der Waals surface area contributed by atoms with Crippen LogP contribution in [0.3, 0.4) is 0 Å². The highest BCUT2D eigenvalue weighted by molar-refractivity contribution is 5.88. The second-order valence-electron chi connectivity index (χ2n) is 20.0. The van der Waals surface area contributed by atoms with Crippen molar-refractivity contribution in [3.05, 3.63) is 82.9 Å². The fraction of sp³-hybridized carbons (Fsp3) is 0.529. The third-order valence-electron chi connectivity index (χ3n) is 14.8. The number of rotatable bonds is 12. The van der Waals surface area contributed by atoms with E-state index in [-0.39, 0.29) is 72.3 Å². The lowest BCUT2D eigenvalue weighted by atomic mass is 10.0. The van der Waals surface area contributed by atoms with Crippen molar-refractivity contribution >= 4 is 57.4 Å². The molecule has 0 aliphatic carbocycles. The fourth-order valence-electron chi connectivity index (χ4n) is 11.1. The SMILES string of the molecule is COC(=O)NC(C(=O)N1CCC[C@H]1c1nc2cc([C@H]3CC[C@H](c4ccc5[nH]c([C@@H]6CCCN6C(=O)[C@@H](NC(=O)OC)C(C)C)nc5c4)N3c3cc(F)c(N4CCC(F)(F)CC4)c(F)c3)ccc2[nH]1)C(C)C. The number of amides is 4. The number of ether oxygens (including phenoxy) is 2. The number of carbonyl (C=O) groups is 4. The Kier molecular flexibility index (Phi) is 13.8. The molecule has 2 aromatic heterocycles. The van der Waals surface area contributed by atoms with Crippen LogP contribution >= 0.6 is 0 Å². The first-order chi connectivity index (χ1) is 33.9. The predicted octanol–water partition coefficient (Wildman–Crippen LogP) is 9.12. The summed E-state index contributed by atoms with van der Waals surface area (Å²) in [4.78, 5) is 75.9. The van der Waals surface area contributed by atoms with Gasteiger partial charge in [-0.3, -0.25) is 9.59 Å². The third kappa shape index (κ3) is 9.77. The minimum Gasteiger partial charge on any atom is -0.453 e. The Hall–Kier alpha value is -6.60. The molecule has 0 bridgehead atoms. The van der Waals surface area contributed by atoms with E-state index in [9.17, 15) is 28.0 Å². The van der Waals surface area contributed by atoms with Gasteiger partial charge in [0.15, 0.2) is 11.6 Å². The quantitative estimate of drug-likeness (QED) is 0.0881. The number of benzene rings is 3. The minimum absolute atomic E-state index is 0.183. The number of methoxy groups -OCH3 is 2. The van der Waals surface area contributed by atoms with E-state index in [0.717, 1.165) is 35.0 Å². The van der Waals surface area contributed by atoms with Crippen molar-refractivity contribution in [2.75, 3.05) is 50.2 Å². The number of imidazole rings is 2. The molecule has 0 spiro atoms. The molecular formula is C51H62F4N10O6. The van der Waals surface area contributed by atoms with Crippen LogP contribution in [-0.4, -0.2) is 112 Å². The number of likely N-dealkylation sites (tertiary alicyclic amines) is 2. The standard InChI is InChI=1S/C51H62F4N10O6/c1-27(2)42(60-49(68)70-5)47(66)63-19-7-9-40(63)45-56-34-13-11-29(23-36(34)58-45)38-15-16-39(65(38)31-25-32(52)44(33(53)26-31)62-21-17-51(54,55)18-22-62)30-12-14-35-37(24-30)59-46(57-35)41-10-8-20-64(41)48(67)43(28(3)4)61-50(69)71-6/h11-14,23-28,38-43H,7-10,15-22H2,1-6H3,(H,56,58)(H,57,59)(H,60,68)(H,61,69)/t38-,39-,40+,41+,42+,43?/m1/s1. The zero-order chi connectivity index (χ0) is 50.5. The molecule has 4 amide bonds. The van der Waals surface area contributed by atoms with Crippen LogP contribution in [0.1, 0.15) is 126 Å². The van der Waals surface area contributed by atoms with Crippen molar-refractivity contribution in [1.29, 1.82) is 0 Å². The van der Waals surface area contributed by atoms with Gasteiger partial charge in [0.2, 0.25) is 11.8 Å². The molecule has 4 saturated heterocycles. The first-order valence-electron chi connectivity index (χ1n) is 24.6. The molecule has 9 rings (SSSR count). The number of nitrogens with zero attached hydrogens (tertiary/aromatic N) is 6. The largest absolute Gasteiger partial charge is 0.453 e. The summed E-state index contributed by atoms with van der Waals surface area (Å²) in [5.41, 5.74) is 4.43. The van der Waals surface area contributed by atoms with Crippen LogP contribution in [0.4, 0.5) is 38.5 Å². The van der Waals surface area contributed by atoms with Gasteiger partial charge >= 0.3 is 12.2 Å². The summed E-state index contributed by atoms with van der Waals surface area (Å²) in [5.74, 6) is -4.22. The van der Waals surface area contributed by atoms with Crippen LogP contribution in [0, 0.1) is 23.5 Å². The van der Waals surface area contributed by atoms with Gasteiger partial charge in [0.1, 0.15) is 29.4 Å². The van der Waals surface area contributed by atoms with E-state index in [1.54, 1.807) is 9.80 Å². The molecule has 6 atom stereocenters. The summed E-state index contributed by atoms with van der Waals surface area (Å²) in [6.45, 7) is 8.05. The van der Waals surface area contributed by atoms with E-state index >= 15 is 8.78 Å². The number of alkyl carbamates (subject to hydrolysis) is 2. The topological polar surface area (TPSA) is 181 Å². The maximum atomic E-state index is 16.4. The molecule has 5 aromatic rings. The first-order valence-corrected chi connectivity index (χ1v) is 24.6.